The van der Waals surface area contributed by atoms with Crippen LogP contribution in [0.3, 0.4) is 0 Å². The molecule has 0 spiro atoms. The number of aryl methyl sites for hydroxylation is 2. The summed E-state index contributed by atoms with van der Waals surface area (Å²) in [5.74, 6) is 2.03. The van der Waals surface area contributed by atoms with Crippen molar-refractivity contribution in [2.45, 2.75) is 45.8 Å². The molecule has 0 unspecified atom stereocenters. The number of hydrogen-bond donors (Lipinski definition) is 0. The van der Waals surface area contributed by atoms with Crippen molar-refractivity contribution >= 4 is 0 Å². The maximum absolute atomic E-state index is 5.98. The second-order valence-electron chi connectivity index (χ2n) is 5.81. The van der Waals surface area contributed by atoms with E-state index in [-0.39, 0.29) is 12.1 Å². The van der Waals surface area contributed by atoms with Crippen LogP contribution in [0.15, 0.2) is 22.6 Å². The molecule has 1 saturated heterocycles. The summed E-state index contributed by atoms with van der Waals surface area (Å²) in [4.78, 5) is 6.76. The van der Waals surface area contributed by atoms with Crippen LogP contribution in [-0.4, -0.2) is 39.3 Å². The van der Waals surface area contributed by atoms with Crippen molar-refractivity contribution < 1.29 is 9.15 Å². The van der Waals surface area contributed by atoms with Crippen molar-refractivity contribution in [2.24, 2.45) is 0 Å². The fraction of sp³-hybridized carbons (Fsp3) is 0.562. The van der Waals surface area contributed by atoms with Crippen LogP contribution >= 0.6 is 0 Å². The molecule has 1 fully saturated rings. The van der Waals surface area contributed by atoms with Gasteiger partial charge in [0.15, 0.2) is 0 Å². The second-order valence-corrected chi connectivity index (χ2v) is 5.81. The highest BCUT2D eigenvalue weighted by molar-refractivity contribution is 5.15. The third-order valence-corrected chi connectivity index (χ3v) is 4.07. The van der Waals surface area contributed by atoms with Gasteiger partial charge in [-0.1, -0.05) is 6.07 Å². The summed E-state index contributed by atoms with van der Waals surface area (Å²) >= 11 is 0. The van der Waals surface area contributed by atoms with E-state index >= 15 is 0 Å². The molecular weight excluding hydrogens is 280 g/mol. The van der Waals surface area contributed by atoms with E-state index in [1.807, 2.05) is 32.0 Å². The Morgan fingerprint density at radius 2 is 2.00 bits per heavy atom. The highest BCUT2D eigenvalue weighted by Crippen LogP contribution is 2.25. The Bertz CT molecular complexity index is 620. The molecule has 3 rings (SSSR count). The third kappa shape index (κ3) is 3.44. The number of hydrogen-bond acceptors (Lipinski definition) is 6. The first-order valence-corrected chi connectivity index (χ1v) is 7.76. The molecule has 1 atom stereocenters. The maximum atomic E-state index is 5.98. The van der Waals surface area contributed by atoms with E-state index in [0.717, 1.165) is 37.5 Å². The second kappa shape index (κ2) is 6.44. The van der Waals surface area contributed by atoms with Gasteiger partial charge in [0.05, 0.1) is 6.04 Å². The lowest BCUT2D eigenvalue weighted by atomic mass is 10.1. The Morgan fingerprint density at radius 3 is 2.64 bits per heavy atom. The van der Waals surface area contributed by atoms with E-state index in [1.165, 1.54) is 0 Å². The quantitative estimate of drug-likeness (QED) is 0.865. The number of piperidine rings is 1. The molecule has 3 heterocycles. The van der Waals surface area contributed by atoms with Crippen LogP contribution in [0, 0.1) is 13.8 Å². The van der Waals surface area contributed by atoms with Crippen molar-refractivity contribution in [3.05, 3.63) is 35.7 Å². The first-order valence-electron chi connectivity index (χ1n) is 7.76. The summed E-state index contributed by atoms with van der Waals surface area (Å²) in [6.45, 7) is 7.82. The molecule has 6 heteroatoms. The van der Waals surface area contributed by atoms with E-state index in [2.05, 4.69) is 27.0 Å². The van der Waals surface area contributed by atoms with Gasteiger partial charge in [-0.3, -0.25) is 4.90 Å². The molecule has 6 nitrogen and oxygen atoms in total. The first kappa shape index (κ1) is 15.0. The molecule has 0 radical (unpaired) electrons. The van der Waals surface area contributed by atoms with Gasteiger partial charge < -0.3 is 9.15 Å². The molecule has 22 heavy (non-hydrogen) atoms. The fourth-order valence-electron chi connectivity index (χ4n) is 2.77. The van der Waals surface area contributed by atoms with Gasteiger partial charge in [0.1, 0.15) is 6.10 Å². The lowest BCUT2D eigenvalue weighted by Gasteiger charge is -2.34. The SMILES string of the molecule is Cc1cccc(OC2CCN([C@H](C)c3nnc(C)o3)CC2)n1. The first-order chi connectivity index (χ1) is 10.6. The zero-order valence-corrected chi connectivity index (χ0v) is 13.3. The number of likely N-dealkylation sites (tertiary alicyclic amines) is 1. The van der Waals surface area contributed by atoms with Gasteiger partial charge >= 0.3 is 0 Å². The van der Waals surface area contributed by atoms with Crippen LogP contribution in [0.1, 0.15) is 43.3 Å². The average Bonchev–Trinajstić information content (AvgIpc) is 2.94. The monoisotopic (exact) mass is 302 g/mol. The van der Waals surface area contributed by atoms with E-state index in [0.29, 0.717) is 11.8 Å². The smallest absolute Gasteiger partial charge is 0.233 e. The van der Waals surface area contributed by atoms with Crippen molar-refractivity contribution in [1.29, 1.82) is 0 Å². The Hall–Kier alpha value is -1.95. The third-order valence-electron chi connectivity index (χ3n) is 4.07. The summed E-state index contributed by atoms with van der Waals surface area (Å²) in [5, 5.41) is 8.02. The molecule has 0 aromatic carbocycles. The summed E-state index contributed by atoms with van der Waals surface area (Å²) in [7, 11) is 0. The summed E-state index contributed by atoms with van der Waals surface area (Å²) in [6, 6.07) is 6.03. The summed E-state index contributed by atoms with van der Waals surface area (Å²) < 4.78 is 11.5. The molecule has 1 aliphatic heterocycles. The van der Waals surface area contributed by atoms with Crippen LogP contribution in [0.4, 0.5) is 0 Å². The van der Waals surface area contributed by atoms with Gasteiger partial charge in [-0.15, -0.1) is 10.2 Å². The molecule has 0 amide bonds. The zero-order valence-electron chi connectivity index (χ0n) is 13.3. The lowest BCUT2D eigenvalue weighted by molar-refractivity contribution is 0.0691. The van der Waals surface area contributed by atoms with E-state index in [9.17, 15) is 0 Å². The standard InChI is InChI=1S/C16H22N4O2/c1-11-5-4-6-15(17-11)22-14-7-9-20(10-8-14)12(2)16-19-18-13(3)21-16/h4-6,12,14H,7-10H2,1-3H3/t12-/m1/s1. The van der Waals surface area contributed by atoms with E-state index < -0.39 is 0 Å². The normalized spacial score (nSPS) is 18.3. The minimum absolute atomic E-state index is 0.152. The zero-order chi connectivity index (χ0) is 15.5. The predicted octanol–water partition coefficient (Wildman–Crippen LogP) is 2.69. The molecule has 0 aliphatic carbocycles. The Balaban J connectivity index is 1.54. The van der Waals surface area contributed by atoms with Gasteiger partial charge in [-0.25, -0.2) is 4.98 Å². The van der Waals surface area contributed by atoms with Crippen LogP contribution in [0.2, 0.25) is 0 Å². The lowest BCUT2D eigenvalue weighted by Crippen LogP contribution is -2.39. The largest absolute Gasteiger partial charge is 0.474 e. The highest BCUT2D eigenvalue weighted by atomic mass is 16.5. The van der Waals surface area contributed by atoms with Gasteiger partial charge in [0.2, 0.25) is 17.7 Å². The average molecular weight is 302 g/mol. The van der Waals surface area contributed by atoms with Crippen molar-refractivity contribution in [3.63, 3.8) is 0 Å². The van der Waals surface area contributed by atoms with Gasteiger partial charge in [0, 0.05) is 31.8 Å². The van der Waals surface area contributed by atoms with Crippen LogP contribution < -0.4 is 4.74 Å². The van der Waals surface area contributed by atoms with E-state index in [4.69, 9.17) is 9.15 Å². The van der Waals surface area contributed by atoms with Gasteiger partial charge in [-0.2, -0.15) is 0 Å². The number of rotatable bonds is 4. The van der Waals surface area contributed by atoms with Crippen molar-refractivity contribution in [1.82, 2.24) is 20.1 Å². The van der Waals surface area contributed by atoms with Gasteiger partial charge in [-0.05, 0) is 32.8 Å². The molecule has 0 N–H and O–H groups in total. The molecule has 1 aliphatic rings. The number of aromatic nitrogens is 3. The summed E-state index contributed by atoms with van der Waals surface area (Å²) in [5.41, 5.74) is 0.982. The molecule has 2 aromatic rings. The van der Waals surface area contributed by atoms with Crippen molar-refractivity contribution in [3.8, 4) is 5.88 Å². The molecule has 2 aromatic heterocycles. The highest BCUT2D eigenvalue weighted by Gasteiger charge is 2.27. The fourth-order valence-corrected chi connectivity index (χ4v) is 2.77. The molecule has 118 valence electrons. The van der Waals surface area contributed by atoms with Crippen LogP contribution in [-0.2, 0) is 0 Å². The number of nitrogens with zero attached hydrogens (tertiary/aromatic N) is 4. The molecular formula is C16H22N4O2. The number of pyridine rings is 1. The number of ether oxygens (including phenoxy) is 1. The van der Waals surface area contributed by atoms with Crippen molar-refractivity contribution in [2.75, 3.05) is 13.1 Å². The van der Waals surface area contributed by atoms with Crippen LogP contribution in [0.5, 0.6) is 5.88 Å². The summed E-state index contributed by atoms with van der Waals surface area (Å²) in [6.07, 6.45) is 2.18. The van der Waals surface area contributed by atoms with Crippen LogP contribution in [0.25, 0.3) is 0 Å². The Morgan fingerprint density at radius 1 is 1.23 bits per heavy atom. The molecule has 0 saturated carbocycles. The molecule has 0 bridgehead atoms. The topological polar surface area (TPSA) is 64.3 Å². The van der Waals surface area contributed by atoms with E-state index in [1.54, 1.807) is 0 Å². The minimum atomic E-state index is 0.152. The Kier molecular flexibility index (Phi) is 4.38. The minimum Gasteiger partial charge on any atom is -0.474 e. The Labute approximate surface area is 130 Å². The predicted molar refractivity (Wildman–Crippen MR) is 81.6 cm³/mol. The maximum Gasteiger partial charge on any atom is 0.233 e. The van der Waals surface area contributed by atoms with Gasteiger partial charge in [0.25, 0.3) is 0 Å².